The van der Waals surface area contributed by atoms with Crippen LogP contribution in [0.1, 0.15) is 32.5 Å². The Morgan fingerprint density at radius 2 is 1.92 bits per heavy atom. The molecule has 3 aromatic rings. The van der Waals surface area contributed by atoms with Gasteiger partial charge in [-0.05, 0) is 48.2 Å². The lowest BCUT2D eigenvalue weighted by Crippen LogP contribution is -2.33. The van der Waals surface area contributed by atoms with Crippen molar-refractivity contribution >= 4 is 17.2 Å². The van der Waals surface area contributed by atoms with E-state index in [9.17, 15) is 14.0 Å². The standard InChI is InChI=1S/C18H15FN2O2S/c1-11-4-9-14(17(22)20-11)18(23)21-16(15-3-2-10-24-15)12-5-7-13(19)8-6-12/h2-10,16H,1H3,(H,20,22)(H,21,23)/t16-/m0/s1. The van der Waals surface area contributed by atoms with Crippen molar-refractivity contribution in [2.45, 2.75) is 13.0 Å². The van der Waals surface area contributed by atoms with E-state index in [1.165, 1.54) is 29.5 Å². The van der Waals surface area contributed by atoms with Crippen LogP contribution in [0.4, 0.5) is 4.39 Å². The van der Waals surface area contributed by atoms with Crippen molar-refractivity contribution in [1.29, 1.82) is 0 Å². The third-order valence-corrected chi connectivity index (χ3v) is 4.54. The Hall–Kier alpha value is -2.73. The van der Waals surface area contributed by atoms with Crippen molar-refractivity contribution < 1.29 is 9.18 Å². The lowest BCUT2D eigenvalue weighted by Gasteiger charge is -2.18. The molecule has 0 bridgehead atoms. The minimum absolute atomic E-state index is 0.0456. The number of aromatic amines is 1. The summed E-state index contributed by atoms with van der Waals surface area (Å²) in [7, 11) is 0. The van der Waals surface area contributed by atoms with Gasteiger partial charge in [0.2, 0.25) is 0 Å². The Labute approximate surface area is 142 Å². The molecule has 0 spiro atoms. The Balaban J connectivity index is 1.93. The minimum Gasteiger partial charge on any atom is -0.340 e. The topological polar surface area (TPSA) is 62.0 Å². The number of hydrogen-bond acceptors (Lipinski definition) is 3. The number of carbonyl (C=O) groups is 1. The highest BCUT2D eigenvalue weighted by Gasteiger charge is 2.20. The number of carbonyl (C=O) groups excluding carboxylic acids is 1. The number of benzene rings is 1. The number of hydrogen-bond donors (Lipinski definition) is 2. The van der Waals surface area contributed by atoms with Gasteiger partial charge in [0.15, 0.2) is 0 Å². The summed E-state index contributed by atoms with van der Waals surface area (Å²) >= 11 is 1.48. The van der Waals surface area contributed by atoms with E-state index >= 15 is 0 Å². The summed E-state index contributed by atoms with van der Waals surface area (Å²) in [4.78, 5) is 28.0. The fourth-order valence-electron chi connectivity index (χ4n) is 2.39. The maximum Gasteiger partial charge on any atom is 0.260 e. The summed E-state index contributed by atoms with van der Waals surface area (Å²) in [5.74, 6) is -0.816. The smallest absolute Gasteiger partial charge is 0.260 e. The maximum absolute atomic E-state index is 13.2. The first-order chi connectivity index (χ1) is 11.5. The summed E-state index contributed by atoms with van der Waals surface area (Å²) in [6.45, 7) is 1.75. The zero-order valence-corrected chi connectivity index (χ0v) is 13.7. The Morgan fingerprint density at radius 3 is 2.54 bits per heavy atom. The molecule has 0 aliphatic heterocycles. The van der Waals surface area contributed by atoms with Gasteiger partial charge in [0.1, 0.15) is 11.4 Å². The number of thiophene rings is 1. The van der Waals surface area contributed by atoms with Crippen LogP contribution in [0.3, 0.4) is 0 Å². The monoisotopic (exact) mass is 342 g/mol. The predicted octanol–water partition coefficient (Wildman–Crippen LogP) is 3.40. The number of aryl methyl sites for hydroxylation is 1. The molecule has 2 aromatic heterocycles. The first kappa shape index (κ1) is 16.1. The highest BCUT2D eigenvalue weighted by molar-refractivity contribution is 7.10. The Bertz CT molecular complexity index is 902. The molecule has 0 radical (unpaired) electrons. The highest BCUT2D eigenvalue weighted by atomic mass is 32.1. The maximum atomic E-state index is 13.2. The molecule has 1 aromatic carbocycles. The molecule has 4 nitrogen and oxygen atoms in total. The predicted molar refractivity (Wildman–Crippen MR) is 91.8 cm³/mol. The fourth-order valence-corrected chi connectivity index (χ4v) is 3.19. The second-order valence-corrected chi connectivity index (χ2v) is 6.34. The number of nitrogens with one attached hydrogen (secondary N) is 2. The summed E-state index contributed by atoms with van der Waals surface area (Å²) in [6.07, 6.45) is 0. The summed E-state index contributed by atoms with van der Waals surface area (Å²) in [5, 5.41) is 4.76. The first-order valence-corrected chi connectivity index (χ1v) is 8.22. The molecule has 1 amide bonds. The molecule has 0 unspecified atom stereocenters. The molecule has 3 rings (SSSR count). The molecule has 0 saturated heterocycles. The minimum atomic E-state index is -0.473. The number of rotatable bonds is 4. The van der Waals surface area contributed by atoms with E-state index in [-0.39, 0.29) is 11.4 Å². The van der Waals surface area contributed by atoms with Gasteiger partial charge in [0.05, 0.1) is 6.04 Å². The van der Waals surface area contributed by atoms with Crippen LogP contribution in [0.25, 0.3) is 0 Å². The number of aromatic nitrogens is 1. The summed E-state index contributed by atoms with van der Waals surface area (Å²) in [6, 6.07) is 12.4. The fraction of sp³-hybridized carbons (Fsp3) is 0.111. The number of pyridine rings is 1. The normalized spacial score (nSPS) is 11.9. The van der Waals surface area contributed by atoms with Gasteiger partial charge in [-0.2, -0.15) is 0 Å². The molecule has 0 saturated carbocycles. The summed E-state index contributed by atoms with van der Waals surface area (Å²) < 4.78 is 13.2. The molecule has 2 N–H and O–H groups in total. The van der Waals surface area contributed by atoms with Crippen molar-refractivity contribution in [1.82, 2.24) is 10.3 Å². The van der Waals surface area contributed by atoms with Gasteiger partial charge in [0, 0.05) is 10.6 Å². The lowest BCUT2D eigenvalue weighted by molar-refractivity contribution is 0.0942. The second-order valence-electron chi connectivity index (χ2n) is 5.36. The molecule has 24 heavy (non-hydrogen) atoms. The average molecular weight is 342 g/mol. The molecule has 0 fully saturated rings. The summed E-state index contributed by atoms with van der Waals surface area (Å²) in [5.41, 5.74) is 1.04. The van der Waals surface area contributed by atoms with E-state index in [2.05, 4.69) is 10.3 Å². The van der Waals surface area contributed by atoms with Crippen molar-refractivity contribution in [2.75, 3.05) is 0 Å². The first-order valence-electron chi connectivity index (χ1n) is 7.34. The van der Waals surface area contributed by atoms with E-state index in [0.29, 0.717) is 5.69 Å². The van der Waals surface area contributed by atoms with E-state index in [1.54, 1.807) is 25.1 Å². The van der Waals surface area contributed by atoms with E-state index in [1.807, 2.05) is 17.5 Å². The van der Waals surface area contributed by atoms with Gasteiger partial charge in [-0.15, -0.1) is 11.3 Å². The van der Waals surface area contributed by atoms with Gasteiger partial charge in [-0.3, -0.25) is 9.59 Å². The molecular weight excluding hydrogens is 327 g/mol. The third kappa shape index (κ3) is 3.44. The van der Waals surface area contributed by atoms with Crippen molar-refractivity contribution in [3.8, 4) is 0 Å². The van der Waals surface area contributed by atoms with E-state index in [0.717, 1.165) is 10.4 Å². The quantitative estimate of drug-likeness (QED) is 0.763. The van der Waals surface area contributed by atoms with E-state index in [4.69, 9.17) is 0 Å². The second kappa shape index (κ2) is 6.80. The van der Waals surface area contributed by atoms with Crippen LogP contribution in [0.5, 0.6) is 0 Å². The van der Waals surface area contributed by atoms with E-state index < -0.39 is 17.5 Å². The molecule has 122 valence electrons. The third-order valence-electron chi connectivity index (χ3n) is 3.61. The van der Waals surface area contributed by atoms with Crippen LogP contribution in [0, 0.1) is 12.7 Å². The number of amides is 1. The van der Waals surface area contributed by atoms with Crippen molar-refractivity contribution in [3.05, 3.63) is 91.8 Å². The Morgan fingerprint density at radius 1 is 1.17 bits per heavy atom. The highest BCUT2D eigenvalue weighted by Crippen LogP contribution is 2.26. The largest absolute Gasteiger partial charge is 0.340 e. The molecule has 0 aliphatic rings. The SMILES string of the molecule is Cc1ccc(C(=O)N[C@@H](c2ccc(F)cc2)c2cccs2)c(=O)[nH]1. The molecule has 2 heterocycles. The number of H-pyrrole nitrogens is 1. The average Bonchev–Trinajstić information content (AvgIpc) is 3.07. The van der Waals surface area contributed by atoms with Gasteiger partial charge >= 0.3 is 0 Å². The molecular formula is C18H15FN2O2S. The van der Waals surface area contributed by atoms with Gasteiger partial charge in [-0.1, -0.05) is 18.2 Å². The van der Waals surface area contributed by atoms with Crippen molar-refractivity contribution in [3.63, 3.8) is 0 Å². The van der Waals surface area contributed by atoms with Crippen LogP contribution in [-0.2, 0) is 0 Å². The zero-order valence-electron chi connectivity index (χ0n) is 12.9. The molecule has 1 atom stereocenters. The molecule has 0 aliphatic carbocycles. The van der Waals surface area contributed by atoms with Crippen LogP contribution in [-0.4, -0.2) is 10.9 Å². The van der Waals surface area contributed by atoms with Crippen LogP contribution in [0.2, 0.25) is 0 Å². The van der Waals surface area contributed by atoms with Gasteiger partial charge in [0.25, 0.3) is 11.5 Å². The van der Waals surface area contributed by atoms with Crippen LogP contribution in [0.15, 0.2) is 58.7 Å². The number of halogens is 1. The van der Waals surface area contributed by atoms with Crippen molar-refractivity contribution in [2.24, 2.45) is 0 Å². The zero-order chi connectivity index (χ0) is 17.1. The van der Waals surface area contributed by atoms with Crippen LogP contribution < -0.4 is 10.9 Å². The van der Waals surface area contributed by atoms with Gasteiger partial charge in [-0.25, -0.2) is 4.39 Å². The van der Waals surface area contributed by atoms with Crippen LogP contribution >= 0.6 is 11.3 Å². The molecule has 6 heteroatoms. The lowest BCUT2D eigenvalue weighted by atomic mass is 10.0. The van der Waals surface area contributed by atoms with Gasteiger partial charge < -0.3 is 10.3 Å². The Kier molecular flexibility index (Phi) is 4.57.